The molecule has 0 fully saturated rings. The molecule has 0 aromatic carbocycles. The maximum Gasteiger partial charge on any atom is 0.250 e. The second-order valence-electron chi connectivity index (χ2n) is 4.02. The summed E-state index contributed by atoms with van der Waals surface area (Å²) in [5, 5.41) is 8.73. The fraction of sp³-hybridized carbons (Fsp3) is 0.250. The smallest absolute Gasteiger partial charge is 0.206 e. The van der Waals surface area contributed by atoms with Crippen molar-refractivity contribution in [2.24, 2.45) is 0 Å². The molecule has 0 saturated carbocycles. The summed E-state index contributed by atoms with van der Waals surface area (Å²) >= 11 is 2.54. The summed E-state index contributed by atoms with van der Waals surface area (Å²) in [6, 6.07) is 8.51. The SMILES string of the molecule is Cc1ccc(C(C)NS(=O)(=O)c2ccc(C#N)s2)s1. The maximum absolute atomic E-state index is 12.1. The van der Waals surface area contributed by atoms with Gasteiger partial charge in [-0.2, -0.15) is 5.26 Å². The predicted molar refractivity (Wildman–Crippen MR) is 76.8 cm³/mol. The lowest BCUT2D eigenvalue weighted by Crippen LogP contribution is -2.25. The standard InChI is InChI=1S/C12H12N2O2S3/c1-8-3-5-11(17-8)9(2)14-19(15,16)12-6-4-10(7-13)18-12/h3-6,9,14H,1-2H3. The van der Waals surface area contributed by atoms with Gasteiger partial charge >= 0.3 is 0 Å². The Morgan fingerprint density at radius 1 is 1.26 bits per heavy atom. The zero-order valence-corrected chi connectivity index (χ0v) is 12.8. The lowest BCUT2D eigenvalue weighted by Gasteiger charge is -2.11. The molecule has 0 spiro atoms. The predicted octanol–water partition coefficient (Wildman–Crippen LogP) is 3.03. The van der Waals surface area contributed by atoms with Crippen LogP contribution in [-0.2, 0) is 10.0 Å². The molecule has 1 atom stereocenters. The third-order valence-corrected chi connectivity index (χ3v) is 6.68. The highest BCUT2D eigenvalue weighted by Gasteiger charge is 2.21. The van der Waals surface area contributed by atoms with E-state index in [9.17, 15) is 8.42 Å². The van der Waals surface area contributed by atoms with Gasteiger partial charge < -0.3 is 0 Å². The molecule has 2 aromatic heterocycles. The normalized spacial score (nSPS) is 13.1. The van der Waals surface area contributed by atoms with Crippen molar-refractivity contribution in [3.8, 4) is 6.07 Å². The van der Waals surface area contributed by atoms with Crippen molar-refractivity contribution >= 4 is 32.7 Å². The van der Waals surface area contributed by atoms with E-state index >= 15 is 0 Å². The van der Waals surface area contributed by atoms with Crippen molar-refractivity contribution in [2.75, 3.05) is 0 Å². The summed E-state index contributed by atoms with van der Waals surface area (Å²) in [5.74, 6) is 0. The molecule has 1 N–H and O–H groups in total. The number of nitrogens with zero attached hydrogens (tertiary/aromatic N) is 1. The highest BCUT2D eigenvalue weighted by atomic mass is 32.2. The molecule has 100 valence electrons. The van der Waals surface area contributed by atoms with Crippen LogP contribution in [0, 0.1) is 18.3 Å². The van der Waals surface area contributed by atoms with Crippen molar-refractivity contribution < 1.29 is 8.42 Å². The molecular formula is C12H12N2O2S3. The van der Waals surface area contributed by atoms with E-state index in [4.69, 9.17) is 5.26 Å². The second kappa shape index (κ2) is 5.43. The van der Waals surface area contributed by atoms with Gasteiger partial charge in [0.05, 0.1) is 6.04 Å². The van der Waals surface area contributed by atoms with Gasteiger partial charge in [-0.15, -0.1) is 22.7 Å². The Bertz CT molecular complexity index is 722. The van der Waals surface area contributed by atoms with Gasteiger partial charge in [0.2, 0.25) is 0 Å². The van der Waals surface area contributed by atoms with E-state index in [0.29, 0.717) is 4.88 Å². The number of sulfonamides is 1. The Morgan fingerprint density at radius 3 is 2.53 bits per heavy atom. The van der Waals surface area contributed by atoms with Gasteiger partial charge in [-0.25, -0.2) is 13.1 Å². The van der Waals surface area contributed by atoms with Crippen LogP contribution in [0.3, 0.4) is 0 Å². The Labute approximate surface area is 120 Å². The van der Waals surface area contributed by atoms with Crippen LogP contribution in [0.15, 0.2) is 28.5 Å². The molecular weight excluding hydrogens is 300 g/mol. The minimum absolute atomic E-state index is 0.171. The minimum Gasteiger partial charge on any atom is -0.206 e. The summed E-state index contributed by atoms with van der Waals surface area (Å²) in [4.78, 5) is 2.50. The molecule has 0 radical (unpaired) electrons. The molecule has 0 saturated heterocycles. The van der Waals surface area contributed by atoms with Crippen molar-refractivity contribution in [1.29, 1.82) is 5.26 Å². The molecule has 0 bridgehead atoms. The first-order valence-electron chi connectivity index (χ1n) is 5.51. The number of hydrogen-bond donors (Lipinski definition) is 1. The number of nitrogens with one attached hydrogen (secondary N) is 1. The summed E-state index contributed by atoms with van der Waals surface area (Å²) in [6.45, 7) is 3.79. The number of aryl methyl sites for hydroxylation is 1. The molecule has 7 heteroatoms. The van der Waals surface area contributed by atoms with Crippen LogP contribution < -0.4 is 4.72 Å². The molecule has 0 amide bonds. The lowest BCUT2D eigenvalue weighted by atomic mass is 10.3. The summed E-state index contributed by atoms with van der Waals surface area (Å²) in [5.41, 5.74) is 0. The third kappa shape index (κ3) is 3.22. The summed E-state index contributed by atoms with van der Waals surface area (Å²) in [7, 11) is -3.56. The Hall–Kier alpha value is -1.20. The monoisotopic (exact) mass is 312 g/mol. The zero-order chi connectivity index (χ0) is 14.0. The van der Waals surface area contributed by atoms with Crippen molar-refractivity contribution in [2.45, 2.75) is 24.1 Å². The van der Waals surface area contributed by atoms with Crippen LogP contribution in [0.5, 0.6) is 0 Å². The van der Waals surface area contributed by atoms with Crippen LogP contribution in [-0.4, -0.2) is 8.42 Å². The third-order valence-electron chi connectivity index (χ3n) is 2.48. The molecule has 2 aromatic rings. The number of rotatable bonds is 4. The van der Waals surface area contributed by atoms with Crippen LogP contribution in [0.4, 0.5) is 0 Å². The molecule has 2 rings (SSSR count). The van der Waals surface area contributed by atoms with E-state index in [0.717, 1.165) is 21.1 Å². The first kappa shape index (κ1) is 14.2. The van der Waals surface area contributed by atoms with Crippen LogP contribution >= 0.6 is 22.7 Å². The minimum atomic E-state index is -3.56. The highest BCUT2D eigenvalue weighted by Crippen LogP contribution is 2.26. The van der Waals surface area contributed by atoms with E-state index in [-0.39, 0.29) is 10.3 Å². The first-order valence-corrected chi connectivity index (χ1v) is 8.62. The van der Waals surface area contributed by atoms with E-state index < -0.39 is 10.0 Å². The largest absolute Gasteiger partial charge is 0.250 e. The van der Waals surface area contributed by atoms with Gasteiger partial charge in [0, 0.05) is 9.75 Å². The van der Waals surface area contributed by atoms with Gasteiger partial charge in [0.1, 0.15) is 15.2 Å². The highest BCUT2D eigenvalue weighted by molar-refractivity contribution is 7.91. The van der Waals surface area contributed by atoms with Gasteiger partial charge in [0.25, 0.3) is 10.0 Å². The van der Waals surface area contributed by atoms with Gasteiger partial charge in [-0.3, -0.25) is 0 Å². The van der Waals surface area contributed by atoms with Crippen molar-refractivity contribution in [3.63, 3.8) is 0 Å². The molecule has 19 heavy (non-hydrogen) atoms. The van der Waals surface area contributed by atoms with E-state index in [1.807, 2.05) is 32.0 Å². The number of hydrogen-bond acceptors (Lipinski definition) is 5. The Balaban J connectivity index is 2.20. The van der Waals surface area contributed by atoms with Gasteiger partial charge in [0.15, 0.2) is 0 Å². The first-order chi connectivity index (χ1) is 8.92. The molecule has 2 heterocycles. The molecule has 0 aliphatic carbocycles. The molecule has 0 aliphatic heterocycles. The van der Waals surface area contributed by atoms with E-state index in [1.165, 1.54) is 12.1 Å². The van der Waals surface area contributed by atoms with E-state index in [1.54, 1.807) is 11.3 Å². The molecule has 4 nitrogen and oxygen atoms in total. The average Bonchev–Trinajstić information content (AvgIpc) is 2.96. The second-order valence-corrected chi connectivity index (χ2v) is 8.37. The molecule has 1 unspecified atom stereocenters. The Morgan fingerprint density at radius 2 is 2.00 bits per heavy atom. The Kier molecular flexibility index (Phi) is 4.06. The fourth-order valence-electron chi connectivity index (χ4n) is 1.56. The number of nitriles is 1. The summed E-state index contributed by atoms with van der Waals surface area (Å²) in [6.07, 6.45) is 0. The quantitative estimate of drug-likeness (QED) is 0.943. The zero-order valence-electron chi connectivity index (χ0n) is 10.4. The molecule has 0 aliphatic rings. The average molecular weight is 312 g/mol. The topological polar surface area (TPSA) is 70.0 Å². The van der Waals surface area contributed by atoms with Crippen molar-refractivity contribution in [3.05, 3.63) is 38.9 Å². The fourth-order valence-corrected chi connectivity index (χ4v) is 4.86. The number of thiophene rings is 2. The summed E-state index contributed by atoms with van der Waals surface area (Å²) < 4.78 is 27.1. The lowest BCUT2D eigenvalue weighted by molar-refractivity contribution is 0.570. The van der Waals surface area contributed by atoms with Crippen LogP contribution in [0.25, 0.3) is 0 Å². The van der Waals surface area contributed by atoms with Gasteiger partial charge in [-0.05, 0) is 38.1 Å². The van der Waals surface area contributed by atoms with Gasteiger partial charge in [-0.1, -0.05) is 0 Å². The van der Waals surface area contributed by atoms with Crippen molar-refractivity contribution in [1.82, 2.24) is 4.72 Å². The van der Waals surface area contributed by atoms with Crippen LogP contribution in [0.2, 0.25) is 0 Å². The maximum atomic E-state index is 12.1. The van der Waals surface area contributed by atoms with Crippen LogP contribution in [0.1, 0.15) is 27.6 Å². The van der Waals surface area contributed by atoms with E-state index in [2.05, 4.69) is 4.72 Å².